The molecule has 3 aliphatic rings. The third-order valence-electron chi connectivity index (χ3n) is 16.6. The molecule has 4 bridgehead atoms. The van der Waals surface area contributed by atoms with Gasteiger partial charge in [-0.3, -0.25) is 29.3 Å². The van der Waals surface area contributed by atoms with E-state index in [0.717, 1.165) is 22.3 Å². The van der Waals surface area contributed by atoms with Crippen molar-refractivity contribution in [1.29, 1.82) is 0 Å². The number of hydrogen-bond acceptors (Lipinski definition) is 17. The first-order valence-corrected chi connectivity index (χ1v) is 32.6. The molecule has 91 heavy (non-hydrogen) atoms. The number of benzene rings is 2. The van der Waals surface area contributed by atoms with Gasteiger partial charge in [-0.15, -0.1) is 0 Å². The molecule has 2 aromatic rings. The Bertz CT molecular complexity index is 3040. The number of unbranched alkanes of at least 4 members (excludes halogenated alkanes) is 1. The maximum atomic E-state index is 14.8. The van der Waals surface area contributed by atoms with Crippen molar-refractivity contribution in [2.45, 2.75) is 178 Å². The Morgan fingerprint density at radius 3 is 2.32 bits per heavy atom. The number of halogens is 3. The highest BCUT2D eigenvalue weighted by Gasteiger charge is 2.64. The minimum atomic E-state index is -1.94. The van der Waals surface area contributed by atoms with Crippen LogP contribution in [0, 0.1) is 11.8 Å². The molecule has 504 valence electrons. The van der Waals surface area contributed by atoms with Crippen LogP contribution in [0.3, 0.4) is 0 Å². The maximum absolute atomic E-state index is 14.8. The fraction of sp³-hybridized carbons (Fsp3) is 0.603. The highest BCUT2D eigenvalue weighted by Crippen LogP contribution is 2.49. The number of likely N-dealkylation sites (N-methyl/N-ethyl adjacent to an activating group) is 1. The molecule has 2 saturated heterocycles. The normalized spacial score (nSPS) is 23.9. The van der Waals surface area contributed by atoms with Crippen LogP contribution < -0.4 is 46.7 Å². The summed E-state index contributed by atoms with van der Waals surface area (Å²) in [5.41, 5.74) is 1.87. The SMILES string of the molecule is COc1ccc(C(=O)N(C)[C@@H](C)C(=O)O[C@H]2CC(=O)N(C)c3cc(cc(OC)c3Cl)C/C(C)=C/C=C/[C@@H](OC)[C@@]3(O)C[C@H](OC(=O)N3)[C@@H](C)[C@@H]3O[C@@]23C)c(NC(=O)[C@H](CCCNC(N)=O)NC(=O)[C@@H](NC(=O)CCCCC(C)(C)OC(C=O)(CBr)CBr)C(C)C)c1. The summed E-state index contributed by atoms with van der Waals surface area (Å²) in [6, 6.07) is 3.09. The van der Waals surface area contributed by atoms with Crippen LogP contribution in [0.4, 0.5) is 21.0 Å². The number of nitrogens with zero attached hydrogens (tertiary/aromatic N) is 2. The number of carbonyl (C=O) groups is 9. The summed E-state index contributed by atoms with van der Waals surface area (Å²) >= 11 is 13.6. The van der Waals surface area contributed by atoms with E-state index in [1.807, 2.05) is 26.8 Å². The third kappa shape index (κ3) is 19.8. The standard InChI is InChI=1S/C63H89Br2ClN8O17/c1-35(2)52(71-49(76)21-14-15-24-60(6,7)91-62(32-64,33-65)34-75)55(79)69-42(19-17-25-68-58(67)82)54(78)70-43-29-40(85-11)22-23-41(43)56(80)73(9)38(5)57(81)89-48-30-50(77)74(10)44-27-39(28-45(86-12)51(44)66)26-36(3)18-16-20-47(87-13)63(84)31-46(88-59(83)72-63)37(4)53-61(48,8)90-53/h16,18,20,22-23,27-29,34-35,37-38,42,46-48,52-53,84H,14-15,17,19,21,24-26,30-33H2,1-13H3,(H,69,79)(H,70,78)(H,71,76)(H,72,83)(H3,67,68,82)/b20-16+,36-18+/t37-,38+,42+,46+,47-,48+,52+,53+,61+,63+/m1/s1. The van der Waals surface area contributed by atoms with E-state index in [1.54, 1.807) is 52.0 Å². The molecule has 28 heteroatoms. The fourth-order valence-corrected chi connectivity index (χ4v) is 12.7. The van der Waals surface area contributed by atoms with Gasteiger partial charge < -0.3 is 79.9 Å². The summed E-state index contributed by atoms with van der Waals surface area (Å²) < 4.78 is 41.4. The van der Waals surface area contributed by atoms with Crippen molar-refractivity contribution < 1.29 is 81.4 Å². The molecule has 0 saturated carbocycles. The zero-order chi connectivity index (χ0) is 67.9. The summed E-state index contributed by atoms with van der Waals surface area (Å²) in [4.78, 5) is 125. The number of hydrogen-bond donors (Lipinski definition) is 7. The Morgan fingerprint density at radius 1 is 1.01 bits per heavy atom. The summed E-state index contributed by atoms with van der Waals surface area (Å²) in [5, 5.41) is 26.0. The summed E-state index contributed by atoms with van der Waals surface area (Å²) in [7, 11) is 7.06. The fourth-order valence-electron chi connectivity index (χ4n) is 11.0. The molecular weight excluding hydrogens is 1340 g/mol. The number of allylic oxidation sites excluding steroid dienone is 3. The van der Waals surface area contributed by atoms with E-state index in [4.69, 9.17) is 50.5 Å². The van der Waals surface area contributed by atoms with Gasteiger partial charge in [-0.2, -0.15) is 0 Å². The first-order valence-electron chi connectivity index (χ1n) is 30.0. The van der Waals surface area contributed by atoms with Crippen molar-refractivity contribution in [1.82, 2.24) is 26.2 Å². The van der Waals surface area contributed by atoms with Gasteiger partial charge in [-0.25, -0.2) is 14.4 Å². The van der Waals surface area contributed by atoms with Gasteiger partial charge in [0.2, 0.25) is 23.6 Å². The Kier molecular flexibility index (Phi) is 27.3. The Labute approximate surface area is 553 Å². The largest absolute Gasteiger partial charge is 0.497 e. The number of rotatable bonds is 27. The average molecular weight is 1430 g/mol. The minimum Gasteiger partial charge on any atom is -0.497 e. The number of alkyl carbamates (subject to hydrolysis) is 1. The third-order valence-corrected chi connectivity index (χ3v) is 18.9. The van der Waals surface area contributed by atoms with Crippen molar-refractivity contribution in [3.63, 3.8) is 0 Å². The molecular formula is C63H89Br2ClN8O17. The number of ether oxygens (including phenoxy) is 7. The van der Waals surface area contributed by atoms with Gasteiger partial charge in [0.05, 0.1) is 49.3 Å². The molecule has 0 aliphatic carbocycles. The number of anilines is 2. The lowest BCUT2D eigenvalue weighted by Gasteiger charge is -2.42. The van der Waals surface area contributed by atoms with Gasteiger partial charge in [0.25, 0.3) is 5.91 Å². The highest BCUT2D eigenvalue weighted by atomic mass is 79.9. The van der Waals surface area contributed by atoms with Crippen molar-refractivity contribution in [3.05, 3.63) is 70.3 Å². The van der Waals surface area contributed by atoms with Crippen LogP contribution in [-0.4, -0.2) is 182 Å². The van der Waals surface area contributed by atoms with Crippen molar-refractivity contribution >= 4 is 109 Å². The molecule has 5 rings (SSSR count). The quantitative estimate of drug-likeness (QED) is 0.0157. The van der Waals surface area contributed by atoms with Crippen LogP contribution in [-0.2, 0) is 58.9 Å². The predicted molar refractivity (Wildman–Crippen MR) is 347 cm³/mol. The van der Waals surface area contributed by atoms with Crippen LogP contribution in [0.1, 0.15) is 123 Å². The summed E-state index contributed by atoms with van der Waals surface area (Å²) in [6.07, 6.45) is 2.19. The maximum Gasteiger partial charge on any atom is 0.409 e. The molecule has 25 nitrogen and oxygen atoms in total. The second-order valence-corrected chi connectivity index (χ2v) is 26.0. The van der Waals surface area contributed by atoms with Crippen LogP contribution in [0.5, 0.6) is 11.5 Å². The van der Waals surface area contributed by atoms with Gasteiger partial charge in [0.15, 0.2) is 12.0 Å². The van der Waals surface area contributed by atoms with Gasteiger partial charge in [-0.1, -0.05) is 94.5 Å². The number of aldehydes is 1. The first kappa shape index (κ1) is 75.4. The number of epoxide rings is 1. The zero-order valence-corrected chi connectivity index (χ0v) is 57.9. The van der Waals surface area contributed by atoms with Gasteiger partial charge in [-0.05, 0) is 102 Å². The van der Waals surface area contributed by atoms with Crippen LogP contribution in [0.25, 0.3) is 0 Å². The molecule has 2 aromatic carbocycles. The molecule has 3 heterocycles. The highest BCUT2D eigenvalue weighted by molar-refractivity contribution is 9.10. The number of esters is 1. The topological polar surface area (TPSA) is 334 Å². The lowest BCUT2D eigenvalue weighted by atomic mass is 9.83. The second-order valence-electron chi connectivity index (χ2n) is 24.5. The number of fused-ring (bicyclic) bond motifs is 5. The van der Waals surface area contributed by atoms with E-state index in [9.17, 15) is 48.3 Å². The van der Waals surface area contributed by atoms with Crippen LogP contribution >= 0.6 is 43.5 Å². The number of alkyl halides is 2. The van der Waals surface area contributed by atoms with Gasteiger partial charge >= 0.3 is 18.1 Å². The second kappa shape index (κ2) is 33.0. The molecule has 8 amide bonds. The van der Waals surface area contributed by atoms with Crippen molar-refractivity contribution in [3.8, 4) is 11.5 Å². The first-order chi connectivity index (χ1) is 42.7. The van der Waals surface area contributed by atoms with Gasteiger partial charge in [0, 0.05) is 63.2 Å². The van der Waals surface area contributed by atoms with E-state index < -0.39 is 131 Å². The molecule has 3 aliphatic heterocycles. The number of amides is 8. The number of carbonyl (C=O) groups excluding carboxylic acids is 9. The number of methoxy groups -OCH3 is 3. The van der Waals surface area contributed by atoms with Crippen molar-refractivity contribution in [2.24, 2.45) is 17.6 Å². The van der Waals surface area contributed by atoms with E-state index >= 15 is 0 Å². The summed E-state index contributed by atoms with van der Waals surface area (Å²) in [6.45, 7) is 13.9. The van der Waals surface area contributed by atoms with E-state index in [-0.39, 0.29) is 64.9 Å². The Balaban J connectivity index is 1.40. The zero-order valence-electron chi connectivity index (χ0n) is 54.0. The predicted octanol–water partition coefficient (Wildman–Crippen LogP) is 6.93. The van der Waals surface area contributed by atoms with Crippen LogP contribution in [0.15, 0.2) is 54.1 Å². The number of aliphatic hydroxyl groups is 1. The van der Waals surface area contributed by atoms with E-state index in [2.05, 4.69) is 58.4 Å². The molecule has 0 spiro atoms. The molecule has 0 aromatic heterocycles. The lowest BCUT2D eigenvalue weighted by molar-refractivity contribution is -0.158. The average Bonchev–Trinajstić information content (AvgIpc) is 1.58. The lowest BCUT2D eigenvalue weighted by Crippen LogP contribution is -2.63. The summed E-state index contributed by atoms with van der Waals surface area (Å²) in [5.74, 6) is -4.82. The number of urea groups is 1. The van der Waals surface area contributed by atoms with Crippen molar-refractivity contribution in [2.75, 3.05) is 62.8 Å². The van der Waals surface area contributed by atoms with Gasteiger partial charge in [0.1, 0.15) is 64.2 Å². The van der Waals surface area contributed by atoms with E-state index in [1.165, 1.54) is 65.4 Å². The number of primary amides is 1. The number of nitrogens with one attached hydrogen (secondary N) is 5. The molecule has 0 radical (unpaired) electrons. The molecule has 0 unspecified atom stereocenters. The van der Waals surface area contributed by atoms with E-state index in [0.29, 0.717) is 37.1 Å². The Hall–Kier alpha value is -6.36. The molecule has 10 atom stereocenters. The smallest absolute Gasteiger partial charge is 0.409 e. The molecule has 8 N–H and O–H groups in total. The monoisotopic (exact) mass is 1420 g/mol. The van der Waals surface area contributed by atoms with Crippen LogP contribution in [0.2, 0.25) is 5.02 Å². The molecule has 2 fully saturated rings. The number of nitrogens with two attached hydrogens (primary N) is 1. The Morgan fingerprint density at radius 2 is 1.70 bits per heavy atom. The minimum absolute atomic E-state index is 0.0301.